The summed E-state index contributed by atoms with van der Waals surface area (Å²) in [6.07, 6.45) is 3.63. The number of hydrogen-bond donors (Lipinski definition) is 3. The molecule has 1 amide bonds. The highest BCUT2D eigenvalue weighted by Crippen LogP contribution is 2.39. The molecule has 0 spiro atoms. The number of benzene rings is 2. The molecule has 1 fully saturated rings. The van der Waals surface area contributed by atoms with Gasteiger partial charge in [0.25, 0.3) is 0 Å². The first-order valence-corrected chi connectivity index (χ1v) is 11.8. The highest BCUT2D eigenvalue weighted by molar-refractivity contribution is 7.80. The number of thiocarbonyl (C=S) groups is 1. The molecule has 2 atom stereocenters. The number of nitrogens with zero attached hydrogens (tertiary/aromatic N) is 3. The Morgan fingerprint density at radius 2 is 1.72 bits per heavy atom. The van der Waals surface area contributed by atoms with Gasteiger partial charge in [0.2, 0.25) is 5.91 Å². The van der Waals surface area contributed by atoms with Crippen LogP contribution in [0.1, 0.15) is 33.8 Å². The van der Waals surface area contributed by atoms with E-state index < -0.39 is 5.97 Å². The molecule has 8 nitrogen and oxygen atoms in total. The van der Waals surface area contributed by atoms with Crippen LogP contribution in [0.25, 0.3) is 5.69 Å². The Morgan fingerprint density at radius 1 is 0.972 bits per heavy atom. The summed E-state index contributed by atoms with van der Waals surface area (Å²) in [6, 6.07) is 24.9. The predicted octanol–water partition coefficient (Wildman–Crippen LogP) is 4.18. The third kappa shape index (κ3) is 4.69. The summed E-state index contributed by atoms with van der Waals surface area (Å²) < 4.78 is 1.98. The predicted molar refractivity (Wildman–Crippen MR) is 140 cm³/mol. The van der Waals surface area contributed by atoms with Crippen molar-refractivity contribution in [1.29, 1.82) is 0 Å². The summed E-state index contributed by atoms with van der Waals surface area (Å²) in [6.45, 7) is 0.0395. The fourth-order valence-electron chi connectivity index (χ4n) is 4.41. The molecule has 4 aromatic rings. The van der Waals surface area contributed by atoms with Crippen LogP contribution < -0.4 is 10.6 Å². The van der Waals surface area contributed by atoms with E-state index in [2.05, 4.69) is 15.6 Å². The molecule has 0 saturated carbocycles. The molecule has 5 rings (SSSR count). The lowest BCUT2D eigenvalue weighted by molar-refractivity contribution is -0.116. The average molecular weight is 498 g/mol. The van der Waals surface area contributed by atoms with Gasteiger partial charge in [0, 0.05) is 29.5 Å². The smallest absolute Gasteiger partial charge is 0.335 e. The van der Waals surface area contributed by atoms with Crippen LogP contribution >= 0.6 is 12.2 Å². The van der Waals surface area contributed by atoms with Crippen molar-refractivity contribution in [2.24, 2.45) is 0 Å². The SMILES string of the molecule is O=C(CN1C(=S)N[C@@H](c2ccccn2)[C@H]1c1cccn1-c1ccc(C(=O)O)cc1)Nc1ccccc1. The summed E-state index contributed by atoms with van der Waals surface area (Å²) in [5.41, 5.74) is 3.40. The minimum absolute atomic E-state index is 0.0395. The van der Waals surface area contributed by atoms with Gasteiger partial charge in [0.15, 0.2) is 5.11 Å². The molecule has 0 unspecified atom stereocenters. The Morgan fingerprint density at radius 3 is 2.42 bits per heavy atom. The van der Waals surface area contributed by atoms with Gasteiger partial charge in [-0.15, -0.1) is 0 Å². The number of carboxylic acids is 1. The normalized spacial score (nSPS) is 17.0. The van der Waals surface area contributed by atoms with E-state index in [0.29, 0.717) is 10.8 Å². The summed E-state index contributed by atoms with van der Waals surface area (Å²) >= 11 is 5.69. The van der Waals surface area contributed by atoms with E-state index in [0.717, 1.165) is 17.1 Å². The number of pyridine rings is 1. The van der Waals surface area contributed by atoms with E-state index >= 15 is 0 Å². The molecule has 1 saturated heterocycles. The van der Waals surface area contributed by atoms with Gasteiger partial charge in [-0.25, -0.2) is 4.79 Å². The summed E-state index contributed by atoms with van der Waals surface area (Å²) in [5, 5.41) is 16.0. The number of carboxylic acid groups (broad SMARTS) is 1. The number of aromatic carboxylic acids is 1. The van der Waals surface area contributed by atoms with Crippen LogP contribution in [-0.4, -0.2) is 43.1 Å². The highest BCUT2D eigenvalue weighted by Gasteiger charge is 2.42. The van der Waals surface area contributed by atoms with Crippen LogP contribution in [0.3, 0.4) is 0 Å². The monoisotopic (exact) mass is 497 g/mol. The summed E-state index contributed by atoms with van der Waals surface area (Å²) in [4.78, 5) is 30.7. The van der Waals surface area contributed by atoms with E-state index in [1.807, 2.05) is 76.3 Å². The number of hydrogen-bond acceptors (Lipinski definition) is 4. The molecule has 1 aliphatic heterocycles. The van der Waals surface area contributed by atoms with Crippen LogP contribution in [-0.2, 0) is 4.79 Å². The number of rotatable bonds is 7. The lowest BCUT2D eigenvalue weighted by Gasteiger charge is -2.28. The van der Waals surface area contributed by atoms with Crippen molar-refractivity contribution in [3.63, 3.8) is 0 Å². The minimum Gasteiger partial charge on any atom is -0.478 e. The van der Waals surface area contributed by atoms with Crippen molar-refractivity contribution in [2.75, 3.05) is 11.9 Å². The summed E-state index contributed by atoms with van der Waals surface area (Å²) in [5.74, 6) is -1.17. The molecule has 0 aliphatic carbocycles. The number of carbonyl (C=O) groups is 2. The van der Waals surface area contributed by atoms with Gasteiger partial charge in [-0.1, -0.05) is 24.3 Å². The number of para-hydroxylation sites is 1. The Bertz CT molecular complexity index is 1390. The Hall–Kier alpha value is -4.50. The van der Waals surface area contributed by atoms with Crippen molar-refractivity contribution in [3.8, 4) is 5.69 Å². The second kappa shape index (κ2) is 10.0. The molecule has 36 heavy (non-hydrogen) atoms. The number of aromatic nitrogens is 2. The van der Waals surface area contributed by atoms with Crippen LogP contribution in [0.5, 0.6) is 0 Å². The molecule has 180 valence electrons. The van der Waals surface area contributed by atoms with Gasteiger partial charge in [-0.2, -0.15) is 0 Å². The largest absolute Gasteiger partial charge is 0.478 e. The molecular weight excluding hydrogens is 474 g/mol. The van der Waals surface area contributed by atoms with E-state index in [-0.39, 0.29) is 30.1 Å². The van der Waals surface area contributed by atoms with Crippen molar-refractivity contribution in [1.82, 2.24) is 19.8 Å². The van der Waals surface area contributed by atoms with E-state index in [4.69, 9.17) is 12.2 Å². The zero-order valence-corrected chi connectivity index (χ0v) is 19.9. The molecule has 1 aliphatic rings. The van der Waals surface area contributed by atoms with Gasteiger partial charge in [-0.3, -0.25) is 9.78 Å². The lowest BCUT2D eigenvalue weighted by Crippen LogP contribution is -2.37. The maximum absolute atomic E-state index is 13.0. The van der Waals surface area contributed by atoms with Crippen LogP contribution in [0.15, 0.2) is 97.3 Å². The zero-order valence-electron chi connectivity index (χ0n) is 19.1. The third-order valence-electron chi connectivity index (χ3n) is 6.05. The second-order valence-corrected chi connectivity index (χ2v) is 8.71. The fourth-order valence-corrected chi connectivity index (χ4v) is 4.71. The molecule has 2 aromatic carbocycles. The maximum Gasteiger partial charge on any atom is 0.335 e. The van der Waals surface area contributed by atoms with Crippen molar-refractivity contribution in [3.05, 3.63) is 114 Å². The zero-order chi connectivity index (χ0) is 25.1. The number of nitrogens with one attached hydrogen (secondary N) is 2. The van der Waals surface area contributed by atoms with E-state index in [1.165, 1.54) is 0 Å². The first-order valence-electron chi connectivity index (χ1n) is 11.4. The topological polar surface area (TPSA) is 99.5 Å². The first kappa shape index (κ1) is 23.3. The molecule has 9 heteroatoms. The molecule has 0 bridgehead atoms. The lowest BCUT2D eigenvalue weighted by atomic mass is 10.0. The van der Waals surface area contributed by atoms with Crippen LogP contribution in [0.2, 0.25) is 0 Å². The standard InChI is InChI=1S/C27H23N5O3S/c33-23(29-19-7-2-1-3-8-19)17-32-25(24(30-27(32)36)21-9-4-5-15-28-21)22-10-6-16-31(22)20-13-11-18(12-14-20)26(34)35/h1-16,24-25H,17H2,(H,29,33)(H,30,36)(H,34,35)/t24-,25+/m0/s1. The van der Waals surface area contributed by atoms with Gasteiger partial charge in [0.05, 0.1) is 23.3 Å². The Kier molecular flexibility index (Phi) is 6.46. The van der Waals surface area contributed by atoms with Gasteiger partial charge in [0.1, 0.15) is 6.54 Å². The maximum atomic E-state index is 13.0. The fraction of sp³-hybridized carbons (Fsp3) is 0.111. The van der Waals surface area contributed by atoms with Crippen LogP contribution in [0.4, 0.5) is 5.69 Å². The Labute approximate surface area is 213 Å². The molecule has 0 radical (unpaired) electrons. The molecule has 2 aromatic heterocycles. The van der Waals surface area contributed by atoms with Crippen molar-refractivity contribution < 1.29 is 14.7 Å². The van der Waals surface area contributed by atoms with E-state index in [1.54, 1.807) is 30.5 Å². The van der Waals surface area contributed by atoms with Crippen molar-refractivity contribution in [2.45, 2.75) is 12.1 Å². The van der Waals surface area contributed by atoms with Gasteiger partial charge in [-0.05, 0) is 72.9 Å². The summed E-state index contributed by atoms with van der Waals surface area (Å²) in [7, 11) is 0. The number of carbonyl (C=O) groups excluding carboxylic acids is 1. The first-order chi connectivity index (χ1) is 17.5. The average Bonchev–Trinajstić information content (AvgIpc) is 3.50. The molecule has 3 N–H and O–H groups in total. The molecular formula is C27H23N5O3S. The molecule has 3 heterocycles. The van der Waals surface area contributed by atoms with Crippen molar-refractivity contribution >= 4 is 34.9 Å². The minimum atomic E-state index is -0.981. The number of amides is 1. The van der Waals surface area contributed by atoms with E-state index in [9.17, 15) is 14.7 Å². The van der Waals surface area contributed by atoms with Crippen LogP contribution in [0, 0.1) is 0 Å². The highest BCUT2D eigenvalue weighted by atomic mass is 32.1. The Balaban J connectivity index is 1.51. The number of anilines is 1. The third-order valence-corrected chi connectivity index (χ3v) is 6.40. The van der Waals surface area contributed by atoms with Gasteiger partial charge >= 0.3 is 5.97 Å². The second-order valence-electron chi connectivity index (χ2n) is 8.32. The van der Waals surface area contributed by atoms with Gasteiger partial charge < -0.3 is 25.2 Å². The quantitative estimate of drug-likeness (QED) is 0.330.